The number of aryl methyl sites for hydroxylation is 1. The molecule has 3 aromatic carbocycles. The maximum Gasteiger partial charge on any atom is 0.330 e. The van der Waals surface area contributed by atoms with Crippen molar-refractivity contribution in [2.45, 2.75) is 17.9 Å². The fraction of sp³-hybridized carbons (Fsp3) is 0.200. The smallest absolute Gasteiger partial charge is 0.296 e. The van der Waals surface area contributed by atoms with Gasteiger partial charge < -0.3 is 0 Å². The van der Waals surface area contributed by atoms with Crippen molar-refractivity contribution in [1.29, 1.82) is 0 Å². The van der Waals surface area contributed by atoms with E-state index in [-0.39, 0.29) is 23.4 Å². The zero-order valence-corrected chi connectivity index (χ0v) is 19.3. The average molecular weight is 464 g/mol. The molecule has 0 atom stereocenters. The van der Waals surface area contributed by atoms with Crippen molar-refractivity contribution >= 4 is 20.9 Å². The van der Waals surface area contributed by atoms with Crippen molar-refractivity contribution in [2.24, 2.45) is 14.1 Å². The zero-order chi connectivity index (χ0) is 23.6. The Hall–Kier alpha value is -3.49. The first kappa shape index (κ1) is 22.7. The molecule has 1 heterocycles. The van der Waals surface area contributed by atoms with Crippen LogP contribution in [0.25, 0.3) is 10.9 Å². The van der Waals surface area contributed by atoms with Gasteiger partial charge in [0.05, 0.1) is 15.8 Å². The Labute approximate surface area is 192 Å². The second-order valence-electron chi connectivity index (χ2n) is 7.94. The Morgan fingerprint density at radius 1 is 0.788 bits per heavy atom. The molecule has 170 valence electrons. The third kappa shape index (κ3) is 4.53. The highest BCUT2D eigenvalue weighted by molar-refractivity contribution is 7.89. The average Bonchev–Trinajstić information content (AvgIpc) is 2.84. The molecule has 4 rings (SSSR count). The molecule has 0 radical (unpaired) electrons. The number of fused-ring (bicyclic) bond motifs is 1. The van der Waals surface area contributed by atoms with E-state index in [0.717, 1.165) is 15.7 Å². The van der Waals surface area contributed by atoms with Crippen LogP contribution in [0, 0.1) is 0 Å². The van der Waals surface area contributed by atoms with E-state index in [2.05, 4.69) is 0 Å². The minimum atomic E-state index is -3.92. The maximum atomic E-state index is 13.7. The number of benzene rings is 3. The molecule has 0 bridgehead atoms. The SMILES string of the molecule is Cn1c(=O)c2cc(S(=O)(=O)N(CCc3ccccc3)Cc3ccccc3)ccc2n(C)c1=O. The monoisotopic (exact) mass is 463 g/mol. The predicted molar refractivity (Wildman–Crippen MR) is 129 cm³/mol. The summed E-state index contributed by atoms with van der Waals surface area (Å²) in [6.07, 6.45) is 0.552. The molecule has 0 amide bonds. The van der Waals surface area contributed by atoms with Crippen LogP contribution in [0.15, 0.2) is 93.3 Å². The molecule has 1 aromatic heterocycles. The van der Waals surface area contributed by atoms with Gasteiger partial charge in [-0.1, -0.05) is 60.7 Å². The van der Waals surface area contributed by atoms with Crippen LogP contribution in [-0.2, 0) is 37.1 Å². The molecule has 0 fully saturated rings. The van der Waals surface area contributed by atoms with Gasteiger partial charge in [-0.3, -0.25) is 13.9 Å². The van der Waals surface area contributed by atoms with Crippen LogP contribution in [-0.4, -0.2) is 28.4 Å². The summed E-state index contributed by atoms with van der Waals surface area (Å²) < 4.78 is 31.1. The van der Waals surface area contributed by atoms with Crippen molar-refractivity contribution in [3.8, 4) is 0 Å². The minimum Gasteiger partial charge on any atom is -0.296 e. The van der Waals surface area contributed by atoms with Crippen LogP contribution < -0.4 is 11.2 Å². The van der Waals surface area contributed by atoms with E-state index in [9.17, 15) is 18.0 Å². The standard InChI is InChI=1S/C25H25N3O4S/c1-26-23-14-13-21(17-22(23)24(29)27(2)25(26)30)33(31,32)28(18-20-11-7-4-8-12-20)16-15-19-9-5-3-6-10-19/h3-14,17H,15-16,18H2,1-2H3. The van der Waals surface area contributed by atoms with Crippen molar-refractivity contribution in [1.82, 2.24) is 13.4 Å². The molecular weight excluding hydrogens is 438 g/mol. The number of hydrogen-bond acceptors (Lipinski definition) is 4. The van der Waals surface area contributed by atoms with Gasteiger partial charge in [0, 0.05) is 27.2 Å². The van der Waals surface area contributed by atoms with Gasteiger partial charge in [-0.05, 0) is 35.7 Å². The Kier molecular flexibility index (Phi) is 6.31. The second-order valence-corrected chi connectivity index (χ2v) is 9.88. The van der Waals surface area contributed by atoms with Gasteiger partial charge in [-0.25, -0.2) is 13.2 Å². The van der Waals surface area contributed by atoms with Crippen LogP contribution >= 0.6 is 0 Å². The topological polar surface area (TPSA) is 81.4 Å². The number of aromatic nitrogens is 2. The first-order chi connectivity index (χ1) is 15.8. The van der Waals surface area contributed by atoms with Crippen molar-refractivity contribution < 1.29 is 8.42 Å². The van der Waals surface area contributed by atoms with Gasteiger partial charge in [0.2, 0.25) is 10.0 Å². The lowest BCUT2D eigenvalue weighted by Gasteiger charge is -2.23. The molecule has 8 heteroatoms. The van der Waals surface area contributed by atoms with Gasteiger partial charge in [0.1, 0.15) is 0 Å². The Morgan fingerprint density at radius 2 is 1.39 bits per heavy atom. The summed E-state index contributed by atoms with van der Waals surface area (Å²) in [6, 6.07) is 23.4. The first-order valence-corrected chi connectivity index (χ1v) is 12.0. The molecule has 0 N–H and O–H groups in total. The van der Waals surface area contributed by atoms with E-state index in [0.29, 0.717) is 11.9 Å². The highest BCUT2D eigenvalue weighted by Gasteiger charge is 2.25. The summed E-state index contributed by atoms with van der Waals surface area (Å²) in [5.74, 6) is 0. The molecule has 0 aliphatic rings. The lowest BCUT2D eigenvalue weighted by Crippen LogP contribution is -2.37. The van der Waals surface area contributed by atoms with Crippen LogP contribution in [0.4, 0.5) is 0 Å². The first-order valence-electron chi connectivity index (χ1n) is 10.6. The molecule has 0 aliphatic carbocycles. The summed E-state index contributed by atoms with van der Waals surface area (Å²) in [6.45, 7) is 0.490. The van der Waals surface area contributed by atoms with Gasteiger partial charge in [-0.15, -0.1) is 0 Å². The van der Waals surface area contributed by atoms with Crippen molar-refractivity contribution in [3.05, 3.63) is 111 Å². The highest BCUT2D eigenvalue weighted by Crippen LogP contribution is 2.22. The minimum absolute atomic E-state index is 0.0229. The van der Waals surface area contributed by atoms with E-state index >= 15 is 0 Å². The lowest BCUT2D eigenvalue weighted by molar-refractivity contribution is 0.409. The number of sulfonamides is 1. The van der Waals surface area contributed by atoms with Crippen LogP contribution in [0.3, 0.4) is 0 Å². The molecule has 33 heavy (non-hydrogen) atoms. The molecular formula is C25H25N3O4S. The van der Waals surface area contributed by atoms with Gasteiger partial charge >= 0.3 is 5.69 Å². The molecule has 4 aromatic rings. The van der Waals surface area contributed by atoms with Gasteiger partial charge in [0.25, 0.3) is 5.56 Å². The van der Waals surface area contributed by atoms with E-state index in [1.807, 2.05) is 60.7 Å². The number of nitrogens with zero attached hydrogens (tertiary/aromatic N) is 3. The van der Waals surface area contributed by atoms with Crippen LogP contribution in [0.5, 0.6) is 0 Å². The summed E-state index contributed by atoms with van der Waals surface area (Å²) in [7, 11) is -0.978. The Balaban J connectivity index is 1.77. The highest BCUT2D eigenvalue weighted by atomic mass is 32.2. The molecule has 0 unspecified atom stereocenters. The Bertz CT molecular complexity index is 1510. The molecule has 0 saturated carbocycles. The molecule has 0 aliphatic heterocycles. The quantitative estimate of drug-likeness (QED) is 0.422. The van der Waals surface area contributed by atoms with Crippen LogP contribution in [0.1, 0.15) is 11.1 Å². The zero-order valence-electron chi connectivity index (χ0n) is 18.5. The Morgan fingerprint density at radius 3 is 2.03 bits per heavy atom. The second kappa shape index (κ2) is 9.17. The van der Waals surface area contributed by atoms with Gasteiger partial charge in [-0.2, -0.15) is 4.31 Å². The lowest BCUT2D eigenvalue weighted by atomic mass is 10.1. The fourth-order valence-electron chi connectivity index (χ4n) is 3.85. The molecule has 0 spiro atoms. The third-order valence-electron chi connectivity index (χ3n) is 5.77. The summed E-state index contributed by atoms with van der Waals surface area (Å²) in [5.41, 5.74) is 1.31. The predicted octanol–water partition coefficient (Wildman–Crippen LogP) is 2.67. The number of rotatable bonds is 7. The molecule has 7 nitrogen and oxygen atoms in total. The fourth-order valence-corrected chi connectivity index (χ4v) is 5.31. The maximum absolute atomic E-state index is 13.7. The summed E-state index contributed by atoms with van der Waals surface area (Å²) in [4.78, 5) is 24.9. The summed E-state index contributed by atoms with van der Waals surface area (Å²) in [5, 5.41) is 0.184. The van der Waals surface area contributed by atoms with Crippen LogP contribution in [0.2, 0.25) is 0 Å². The number of hydrogen-bond donors (Lipinski definition) is 0. The largest absolute Gasteiger partial charge is 0.330 e. The van der Waals surface area contributed by atoms with Gasteiger partial charge in [0.15, 0.2) is 0 Å². The normalized spacial score (nSPS) is 11.8. The van der Waals surface area contributed by atoms with Crippen molar-refractivity contribution in [2.75, 3.05) is 6.54 Å². The molecule has 0 saturated heterocycles. The van der Waals surface area contributed by atoms with Crippen molar-refractivity contribution in [3.63, 3.8) is 0 Å². The third-order valence-corrected chi connectivity index (χ3v) is 7.61. The van der Waals surface area contributed by atoms with E-state index in [1.165, 1.54) is 34.1 Å². The van der Waals surface area contributed by atoms with E-state index in [4.69, 9.17) is 0 Å². The van der Waals surface area contributed by atoms with E-state index in [1.54, 1.807) is 7.05 Å². The van der Waals surface area contributed by atoms with E-state index < -0.39 is 21.3 Å². The summed E-state index contributed by atoms with van der Waals surface area (Å²) >= 11 is 0.